The van der Waals surface area contributed by atoms with Crippen LogP contribution in [0.4, 0.5) is 0 Å². The number of H-pyrrole nitrogens is 1. The molecule has 1 N–H and O–H groups in total. The van der Waals surface area contributed by atoms with Gasteiger partial charge in [0.2, 0.25) is 10.6 Å². The van der Waals surface area contributed by atoms with E-state index in [1.807, 2.05) is 12.1 Å². The first-order valence-electron chi connectivity index (χ1n) is 6.39. The van der Waals surface area contributed by atoms with Crippen molar-refractivity contribution in [2.24, 2.45) is 5.10 Å². The first kappa shape index (κ1) is 16.2. The maximum Gasteiger partial charge on any atom is 0.219 e. The number of benzene rings is 1. The van der Waals surface area contributed by atoms with Crippen LogP contribution < -0.4 is 4.74 Å². The van der Waals surface area contributed by atoms with Crippen molar-refractivity contribution in [2.75, 3.05) is 7.11 Å². The number of methoxy groups -OCH3 is 1. The van der Waals surface area contributed by atoms with E-state index >= 15 is 0 Å². The second-order valence-electron chi connectivity index (χ2n) is 4.40. The summed E-state index contributed by atoms with van der Waals surface area (Å²) in [6.07, 6.45) is 3.21. The van der Waals surface area contributed by atoms with Crippen molar-refractivity contribution in [3.05, 3.63) is 49.8 Å². The number of hydrogen-bond donors (Lipinski definition) is 1. The zero-order valence-corrected chi connectivity index (χ0v) is 15.8. The Hall–Kier alpha value is -1.71. The molecule has 1 aromatic carbocycles. The van der Waals surface area contributed by atoms with Crippen molar-refractivity contribution in [1.29, 1.82) is 0 Å². The molecule has 0 aliphatic heterocycles. The van der Waals surface area contributed by atoms with Crippen molar-refractivity contribution in [3.63, 3.8) is 0 Å². The SMILES string of the molecule is COc1c(Br)cc(Br)cc1/C=N\n1c(-c2ccco2)n[nH]c1=S. The smallest absolute Gasteiger partial charge is 0.219 e. The van der Waals surface area contributed by atoms with Gasteiger partial charge in [-0.25, -0.2) is 5.10 Å². The molecule has 0 saturated heterocycles. The second-order valence-corrected chi connectivity index (χ2v) is 6.55. The number of nitrogens with one attached hydrogen (secondary N) is 1. The van der Waals surface area contributed by atoms with Crippen LogP contribution in [-0.2, 0) is 0 Å². The van der Waals surface area contributed by atoms with Crippen LogP contribution in [0.25, 0.3) is 11.6 Å². The Morgan fingerprint density at radius 1 is 1.43 bits per heavy atom. The molecular weight excluding hydrogens is 448 g/mol. The first-order valence-corrected chi connectivity index (χ1v) is 8.38. The lowest BCUT2D eigenvalue weighted by Crippen LogP contribution is -1.97. The number of nitrogens with zero attached hydrogens (tertiary/aromatic N) is 3. The minimum Gasteiger partial charge on any atom is -0.495 e. The van der Waals surface area contributed by atoms with Crippen LogP contribution in [-0.4, -0.2) is 28.2 Å². The average Bonchev–Trinajstić information content (AvgIpc) is 3.14. The van der Waals surface area contributed by atoms with Gasteiger partial charge in [0.15, 0.2) is 5.76 Å². The highest BCUT2D eigenvalue weighted by molar-refractivity contribution is 9.11. The molecule has 0 saturated carbocycles. The van der Waals surface area contributed by atoms with Gasteiger partial charge in [0.1, 0.15) is 5.75 Å². The van der Waals surface area contributed by atoms with Gasteiger partial charge in [0.05, 0.1) is 24.1 Å². The Morgan fingerprint density at radius 2 is 2.26 bits per heavy atom. The maximum absolute atomic E-state index is 5.40. The van der Waals surface area contributed by atoms with Gasteiger partial charge in [-0.15, -0.1) is 5.10 Å². The Morgan fingerprint density at radius 3 is 2.96 bits per heavy atom. The fourth-order valence-electron chi connectivity index (χ4n) is 1.98. The quantitative estimate of drug-likeness (QED) is 0.458. The first-order chi connectivity index (χ1) is 11.1. The highest BCUT2D eigenvalue weighted by Crippen LogP contribution is 2.31. The molecule has 0 radical (unpaired) electrons. The molecule has 6 nitrogen and oxygen atoms in total. The molecule has 0 aliphatic carbocycles. The summed E-state index contributed by atoms with van der Waals surface area (Å²) in [5.74, 6) is 1.73. The summed E-state index contributed by atoms with van der Waals surface area (Å²) in [7, 11) is 1.60. The zero-order valence-electron chi connectivity index (χ0n) is 11.8. The summed E-state index contributed by atoms with van der Waals surface area (Å²) in [5.41, 5.74) is 0.780. The standard InChI is InChI=1S/C14H10Br2N4O2S/c1-21-12-8(5-9(15)6-10(12)16)7-17-20-13(18-19-14(20)23)11-3-2-4-22-11/h2-7H,1H3,(H,19,23)/b17-7-. The normalized spacial score (nSPS) is 11.3. The lowest BCUT2D eigenvalue weighted by molar-refractivity contribution is 0.411. The third-order valence-electron chi connectivity index (χ3n) is 2.95. The van der Waals surface area contributed by atoms with Crippen molar-refractivity contribution in [3.8, 4) is 17.3 Å². The molecule has 3 rings (SSSR count). The number of halogens is 2. The minimum atomic E-state index is 0.362. The lowest BCUT2D eigenvalue weighted by atomic mass is 10.2. The molecule has 118 valence electrons. The molecule has 2 aromatic heterocycles. The minimum absolute atomic E-state index is 0.362. The molecule has 0 atom stereocenters. The summed E-state index contributed by atoms with van der Waals surface area (Å²) in [6.45, 7) is 0. The third kappa shape index (κ3) is 3.31. The predicted molar refractivity (Wildman–Crippen MR) is 96.5 cm³/mol. The molecule has 3 aromatic rings. The van der Waals surface area contributed by atoms with E-state index in [0.29, 0.717) is 22.1 Å². The van der Waals surface area contributed by atoms with Crippen molar-refractivity contribution >= 4 is 50.3 Å². The van der Waals surface area contributed by atoms with Crippen LogP contribution in [0.3, 0.4) is 0 Å². The van der Waals surface area contributed by atoms with Gasteiger partial charge in [0, 0.05) is 10.0 Å². The molecule has 23 heavy (non-hydrogen) atoms. The topological polar surface area (TPSA) is 68.3 Å². The molecule has 0 fully saturated rings. The van der Waals surface area contributed by atoms with Gasteiger partial charge < -0.3 is 9.15 Å². The molecule has 0 aliphatic rings. The molecule has 0 bridgehead atoms. The van der Waals surface area contributed by atoms with Crippen LogP contribution in [0, 0.1) is 4.77 Å². The van der Waals surface area contributed by atoms with Crippen LogP contribution >= 0.6 is 44.1 Å². The highest BCUT2D eigenvalue weighted by atomic mass is 79.9. The molecule has 0 spiro atoms. The van der Waals surface area contributed by atoms with E-state index < -0.39 is 0 Å². The summed E-state index contributed by atoms with van der Waals surface area (Å²) < 4.78 is 14.3. The van der Waals surface area contributed by atoms with Crippen molar-refractivity contribution < 1.29 is 9.15 Å². The van der Waals surface area contributed by atoms with Gasteiger partial charge >= 0.3 is 0 Å². The number of rotatable bonds is 4. The maximum atomic E-state index is 5.40. The van der Waals surface area contributed by atoms with Crippen molar-refractivity contribution in [2.45, 2.75) is 0 Å². The molecule has 0 amide bonds. The zero-order chi connectivity index (χ0) is 16.4. The fourth-order valence-corrected chi connectivity index (χ4v) is 3.57. The van der Waals surface area contributed by atoms with Crippen molar-refractivity contribution in [1.82, 2.24) is 14.9 Å². The average molecular weight is 458 g/mol. The number of hydrogen-bond acceptors (Lipinski definition) is 5. The Balaban J connectivity index is 2.05. The van der Waals surface area contributed by atoms with Gasteiger partial charge in [0.25, 0.3) is 0 Å². The summed E-state index contributed by atoms with van der Waals surface area (Å²) in [6, 6.07) is 7.35. The van der Waals surface area contributed by atoms with E-state index in [1.54, 1.807) is 31.7 Å². The third-order valence-corrected chi connectivity index (χ3v) is 4.26. The number of ether oxygens (including phenoxy) is 1. The lowest BCUT2D eigenvalue weighted by Gasteiger charge is -2.07. The van der Waals surface area contributed by atoms with Crippen LogP contribution in [0.5, 0.6) is 5.75 Å². The Labute approximate surface area is 153 Å². The molecule has 0 unspecified atom stereocenters. The predicted octanol–water partition coefficient (Wildman–Crippen LogP) is 4.62. The van der Waals surface area contributed by atoms with E-state index in [2.05, 4.69) is 47.2 Å². The largest absolute Gasteiger partial charge is 0.495 e. The van der Waals surface area contributed by atoms with E-state index in [1.165, 1.54) is 4.68 Å². The van der Waals surface area contributed by atoms with Crippen LogP contribution in [0.15, 0.2) is 49.0 Å². The van der Waals surface area contributed by atoms with E-state index in [4.69, 9.17) is 21.4 Å². The molecule has 9 heteroatoms. The fraction of sp³-hybridized carbons (Fsp3) is 0.0714. The van der Waals surface area contributed by atoms with Gasteiger partial charge in [-0.05, 0) is 52.4 Å². The molecule has 2 heterocycles. The van der Waals surface area contributed by atoms with Gasteiger partial charge in [-0.1, -0.05) is 15.9 Å². The summed E-state index contributed by atoms with van der Waals surface area (Å²) >= 11 is 12.1. The molecular formula is C14H10Br2N4O2S. The van der Waals surface area contributed by atoms with E-state index in [9.17, 15) is 0 Å². The number of furan rings is 1. The highest BCUT2D eigenvalue weighted by Gasteiger charge is 2.12. The van der Waals surface area contributed by atoms with E-state index in [0.717, 1.165) is 14.5 Å². The van der Waals surface area contributed by atoms with E-state index in [-0.39, 0.29) is 0 Å². The second kappa shape index (κ2) is 6.81. The summed E-state index contributed by atoms with van der Waals surface area (Å²) in [5, 5.41) is 11.2. The Kier molecular flexibility index (Phi) is 4.79. The number of aromatic nitrogens is 3. The van der Waals surface area contributed by atoms with Gasteiger partial charge in [-0.3, -0.25) is 0 Å². The Bertz CT molecular complexity index is 916. The number of aromatic amines is 1. The summed E-state index contributed by atoms with van der Waals surface area (Å²) in [4.78, 5) is 0. The van der Waals surface area contributed by atoms with Gasteiger partial charge in [-0.2, -0.15) is 9.78 Å². The van der Waals surface area contributed by atoms with Crippen LogP contribution in [0.1, 0.15) is 5.56 Å². The van der Waals surface area contributed by atoms with Crippen LogP contribution in [0.2, 0.25) is 0 Å². The monoisotopic (exact) mass is 456 g/mol.